The fourth-order valence-electron chi connectivity index (χ4n) is 2.21. The molecule has 1 heteroatoms. The molecule has 2 unspecified atom stereocenters. The lowest BCUT2D eigenvalue weighted by molar-refractivity contribution is 0.171. The van der Waals surface area contributed by atoms with Crippen LogP contribution in [0.3, 0.4) is 0 Å². The molecular weight excluding hydrogens is 194 g/mol. The average molecular weight is 221 g/mol. The zero-order chi connectivity index (χ0) is 12.3. The highest BCUT2D eigenvalue weighted by Gasteiger charge is 2.21. The van der Waals surface area contributed by atoms with E-state index in [4.69, 9.17) is 0 Å². The van der Waals surface area contributed by atoms with Gasteiger partial charge in [-0.1, -0.05) is 32.1 Å². The molecule has 1 aliphatic carbocycles. The van der Waals surface area contributed by atoms with Gasteiger partial charge in [0, 0.05) is 12.1 Å². The van der Waals surface area contributed by atoms with Gasteiger partial charge in [-0.05, 0) is 51.6 Å². The van der Waals surface area contributed by atoms with Gasteiger partial charge >= 0.3 is 0 Å². The highest BCUT2D eigenvalue weighted by atomic mass is 15.1. The maximum absolute atomic E-state index is 2.46. The van der Waals surface area contributed by atoms with Gasteiger partial charge in [0.25, 0.3) is 0 Å². The third kappa shape index (κ3) is 3.21. The van der Waals surface area contributed by atoms with Crippen LogP contribution in [0.5, 0.6) is 0 Å². The molecule has 0 N–H and O–H groups in total. The van der Waals surface area contributed by atoms with Crippen molar-refractivity contribution in [3.05, 3.63) is 23.8 Å². The van der Waals surface area contributed by atoms with E-state index >= 15 is 0 Å². The Labute approximate surface area is 101 Å². The Morgan fingerprint density at radius 2 is 1.81 bits per heavy atom. The molecular formula is C15H27N. The van der Waals surface area contributed by atoms with Crippen molar-refractivity contribution in [2.75, 3.05) is 7.05 Å². The van der Waals surface area contributed by atoms with Crippen LogP contribution in [0.1, 0.15) is 41.0 Å². The van der Waals surface area contributed by atoms with Crippen LogP contribution < -0.4 is 0 Å². The van der Waals surface area contributed by atoms with Gasteiger partial charge in [0.1, 0.15) is 0 Å². The Morgan fingerprint density at radius 3 is 2.19 bits per heavy atom. The molecule has 0 amide bonds. The first-order chi connectivity index (χ1) is 7.43. The Bertz CT molecular complexity index is 273. The predicted octanol–water partition coefficient (Wildman–Crippen LogP) is 3.87. The molecule has 0 aromatic heterocycles. The first-order valence-corrected chi connectivity index (χ1v) is 6.53. The molecule has 0 fully saturated rings. The molecule has 0 saturated carbocycles. The van der Waals surface area contributed by atoms with Gasteiger partial charge in [-0.3, -0.25) is 0 Å². The average Bonchev–Trinajstić information content (AvgIpc) is 2.27. The molecule has 0 radical (unpaired) electrons. The molecule has 0 spiro atoms. The van der Waals surface area contributed by atoms with Crippen LogP contribution in [-0.4, -0.2) is 24.0 Å². The first kappa shape index (κ1) is 13.5. The summed E-state index contributed by atoms with van der Waals surface area (Å²) >= 11 is 0. The number of hydrogen-bond donors (Lipinski definition) is 0. The minimum Gasteiger partial charge on any atom is -0.301 e. The van der Waals surface area contributed by atoms with Crippen molar-refractivity contribution in [3.63, 3.8) is 0 Å². The second kappa shape index (κ2) is 5.67. The lowest BCUT2D eigenvalue weighted by atomic mass is 9.87. The molecule has 0 aromatic rings. The minimum atomic E-state index is 0.624. The molecule has 1 rings (SSSR count). The molecule has 0 heterocycles. The zero-order valence-corrected chi connectivity index (χ0v) is 11.7. The third-order valence-electron chi connectivity index (χ3n) is 3.90. The van der Waals surface area contributed by atoms with Gasteiger partial charge < -0.3 is 4.90 Å². The summed E-state index contributed by atoms with van der Waals surface area (Å²) in [4.78, 5) is 2.46. The van der Waals surface area contributed by atoms with E-state index < -0.39 is 0 Å². The summed E-state index contributed by atoms with van der Waals surface area (Å²) in [5, 5.41) is 0. The Balaban J connectivity index is 2.58. The van der Waals surface area contributed by atoms with Gasteiger partial charge in [-0.2, -0.15) is 0 Å². The lowest BCUT2D eigenvalue weighted by Gasteiger charge is -2.34. The first-order valence-electron chi connectivity index (χ1n) is 6.53. The SMILES string of the molecule is CC(C)C1=CCC(C(C)N(C)C(C)C)C=C1. The van der Waals surface area contributed by atoms with Crippen molar-refractivity contribution in [2.45, 2.75) is 53.1 Å². The van der Waals surface area contributed by atoms with Crippen LogP contribution in [-0.2, 0) is 0 Å². The fourth-order valence-corrected chi connectivity index (χ4v) is 2.21. The van der Waals surface area contributed by atoms with E-state index in [-0.39, 0.29) is 0 Å². The molecule has 92 valence electrons. The van der Waals surface area contributed by atoms with E-state index in [0.29, 0.717) is 23.9 Å². The van der Waals surface area contributed by atoms with Crippen LogP contribution in [0.15, 0.2) is 23.8 Å². The summed E-state index contributed by atoms with van der Waals surface area (Å²) in [6.45, 7) is 11.4. The topological polar surface area (TPSA) is 3.24 Å². The standard InChI is InChI=1S/C15H27N/c1-11(2)14-7-9-15(10-8-14)13(5)16(6)12(3)4/h7-9,11-13,15H,10H2,1-6H3. The molecule has 0 saturated heterocycles. The van der Waals surface area contributed by atoms with Gasteiger partial charge in [0.15, 0.2) is 0 Å². The van der Waals surface area contributed by atoms with E-state index in [1.165, 1.54) is 12.0 Å². The maximum Gasteiger partial charge on any atom is 0.0132 e. The highest BCUT2D eigenvalue weighted by Crippen LogP contribution is 2.26. The number of rotatable bonds is 4. The van der Waals surface area contributed by atoms with E-state index in [1.54, 1.807) is 0 Å². The van der Waals surface area contributed by atoms with Crippen molar-refractivity contribution in [1.29, 1.82) is 0 Å². The Morgan fingerprint density at radius 1 is 1.19 bits per heavy atom. The molecule has 16 heavy (non-hydrogen) atoms. The van der Waals surface area contributed by atoms with Gasteiger partial charge in [-0.25, -0.2) is 0 Å². The minimum absolute atomic E-state index is 0.624. The number of allylic oxidation sites excluding steroid dienone is 3. The second-order valence-electron chi connectivity index (χ2n) is 5.62. The van der Waals surface area contributed by atoms with Crippen molar-refractivity contribution >= 4 is 0 Å². The van der Waals surface area contributed by atoms with E-state index in [1.807, 2.05) is 0 Å². The molecule has 0 aliphatic heterocycles. The van der Waals surface area contributed by atoms with Crippen LogP contribution in [0.4, 0.5) is 0 Å². The van der Waals surface area contributed by atoms with E-state index in [9.17, 15) is 0 Å². The van der Waals surface area contributed by atoms with Gasteiger partial charge in [0.2, 0.25) is 0 Å². The van der Waals surface area contributed by atoms with Crippen LogP contribution in [0, 0.1) is 11.8 Å². The zero-order valence-electron chi connectivity index (χ0n) is 11.7. The Hall–Kier alpha value is -0.560. The summed E-state index contributed by atoms with van der Waals surface area (Å²) in [6.07, 6.45) is 8.34. The molecule has 1 aliphatic rings. The second-order valence-corrected chi connectivity index (χ2v) is 5.62. The Kier molecular flexibility index (Phi) is 4.79. The summed E-state index contributed by atoms with van der Waals surface area (Å²) < 4.78 is 0. The van der Waals surface area contributed by atoms with Crippen molar-refractivity contribution in [1.82, 2.24) is 4.90 Å². The predicted molar refractivity (Wildman–Crippen MR) is 72.5 cm³/mol. The summed E-state index contributed by atoms with van der Waals surface area (Å²) in [6, 6.07) is 1.25. The van der Waals surface area contributed by atoms with Gasteiger partial charge in [0.05, 0.1) is 0 Å². The molecule has 1 nitrogen and oxygen atoms in total. The normalized spacial score (nSPS) is 23.1. The van der Waals surface area contributed by atoms with Crippen LogP contribution >= 0.6 is 0 Å². The third-order valence-corrected chi connectivity index (χ3v) is 3.90. The summed E-state index contributed by atoms with van der Waals surface area (Å²) in [5.74, 6) is 1.34. The quantitative estimate of drug-likeness (QED) is 0.696. The molecule has 0 bridgehead atoms. The largest absolute Gasteiger partial charge is 0.301 e. The van der Waals surface area contributed by atoms with E-state index in [0.717, 1.165) is 0 Å². The van der Waals surface area contributed by atoms with Crippen molar-refractivity contribution in [2.24, 2.45) is 11.8 Å². The fraction of sp³-hybridized carbons (Fsp3) is 0.733. The lowest BCUT2D eigenvalue weighted by Crippen LogP contribution is -2.39. The van der Waals surface area contributed by atoms with Crippen LogP contribution in [0.2, 0.25) is 0 Å². The van der Waals surface area contributed by atoms with Crippen molar-refractivity contribution < 1.29 is 0 Å². The molecule has 0 aromatic carbocycles. The summed E-state index contributed by atoms with van der Waals surface area (Å²) in [7, 11) is 2.23. The van der Waals surface area contributed by atoms with E-state index in [2.05, 4.69) is 64.8 Å². The summed E-state index contributed by atoms with van der Waals surface area (Å²) in [5.41, 5.74) is 1.50. The highest BCUT2D eigenvalue weighted by molar-refractivity contribution is 5.25. The monoisotopic (exact) mass is 221 g/mol. The molecule has 2 atom stereocenters. The maximum atomic E-state index is 2.46. The van der Waals surface area contributed by atoms with Crippen LogP contribution in [0.25, 0.3) is 0 Å². The van der Waals surface area contributed by atoms with Crippen molar-refractivity contribution in [3.8, 4) is 0 Å². The van der Waals surface area contributed by atoms with Gasteiger partial charge in [-0.15, -0.1) is 0 Å². The number of hydrogen-bond acceptors (Lipinski definition) is 1. The number of nitrogens with zero attached hydrogens (tertiary/aromatic N) is 1. The smallest absolute Gasteiger partial charge is 0.0132 e.